The Balaban J connectivity index is 2.06. The van der Waals surface area contributed by atoms with Crippen molar-refractivity contribution in [3.63, 3.8) is 0 Å². The van der Waals surface area contributed by atoms with Crippen molar-refractivity contribution in [3.05, 3.63) is 70.8 Å². The van der Waals surface area contributed by atoms with Crippen LogP contribution in [0, 0.1) is 11.3 Å². The van der Waals surface area contributed by atoms with Crippen LogP contribution in [0.5, 0.6) is 5.75 Å². The molecule has 0 spiro atoms. The van der Waals surface area contributed by atoms with Gasteiger partial charge < -0.3 is 15.2 Å². The third-order valence-electron chi connectivity index (χ3n) is 3.60. The summed E-state index contributed by atoms with van der Waals surface area (Å²) in [6, 6.07) is 16.4. The van der Waals surface area contributed by atoms with Gasteiger partial charge in [-0.1, -0.05) is 36.4 Å². The van der Waals surface area contributed by atoms with E-state index in [0.717, 1.165) is 22.4 Å². The van der Waals surface area contributed by atoms with Crippen LogP contribution in [0.1, 0.15) is 23.6 Å². The Morgan fingerprint density at radius 1 is 1.20 bits per heavy atom. The van der Waals surface area contributed by atoms with Gasteiger partial charge in [0.2, 0.25) is 0 Å². The minimum absolute atomic E-state index is 0.0191. The van der Waals surface area contributed by atoms with Gasteiger partial charge in [0.1, 0.15) is 17.4 Å². The molecule has 0 radical (unpaired) electrons. The standard InChI is InChI=1S/C20H20N2O3/c1-2-25-19-9-7-15(8-10-19)11-18(12-21)20(24)22-13-16-5-3-4-6-17(16)14-23/h3-11,23H,2,13-14H2,1H3,(H,22,24)/b18-11-. The molecule has 0 bridgehead atoms. The molecule has 5 nitrogen and oxygen atoms in total. The molecular weight excluding hydrogens is 316 g/mol. The summed E-state index contributed by atoms with van der Waals surface area (Å²) in [5.74, 6) is 0.285. The van der Waals surface area contributed by atoms with Gasteiger partial charge in [-0.15, -0.1) is 0 Å². The van der Waals surface area contributed by atoms with Gasteiger partial charge in [0, 0.05) is 6.54 Å². The topological polar surface area (TPSA) is 82.3 Å². The number of aliphatic hydroxyl groups excluding tert-OH is 1. The van der Waals surface area contributed by atoms with E-state index in [-0.39, 0.29) is 18.7 Å². The van der Waals surface area contributed by atoms with Crippen LogP contribution in [0.3, 0.4) is 0 Å². The molecule has 0 fully saturated rings. The van der Waals surface area contributed by atoms with Gasteiger partial charge >= 0.3 is 0 Å². The number of rotatable bonds is 7. The zero-order chi connectivity index (χ0) is 18.1. The lowest BCUT2D eigenvalue weighted by Crippen LogP contribution is -2.24. The van der Waals surface area contributed by atoms with Gasteiger partial charge in [0.15, 0.2) is 0 Å². The van der Waals surface area contributed by atoms with E-state index >= 15 is 0 Å². The number of aliphatic hydroxyl groups is 1. The molecule has 0 aliphatic carbocycles. The monoisotopic (exact) mass is 336 g/mol. The summed E-state index contributed by atoms with van der Waals surface area (Å²) in [6.45, 7) is 2.63. The first-order valence-electron chi connectivity index (χ1n) is 7.98. The van der Waals surface area contributed by atoms with Crippen LogP contribution >= 0.6 is 0 Å². The minimum atomic E-state index is -0.455. The number of benzene rings is 2. The highest BCUT2D eigenvalue weighted by atomic mass is 16.5. The number of nitrogens with zero attached hydrogens (tertiary/aromatic N) is 1. The van der Waals surface area contributed by atoms with Crippen molar-refractivity contribution in [2.45, 2.75) is 20.1 Å². The molecule has 0 heterocycles. The Bertz CT molecular complexity index is 789. The number of nitrogens with one attached hydrogen (secondary N) is 1. The highest BCUT2D eigenvalue weighted by molar-refractivity contribution is 6.01. The smallest absolute Gasteiger partial charge is 0.262 e. The highest BCUT2D eigenvalue weighted by Crippen LogP contribution is 2.15. The quantitative estimate of drug-likeness (QED) is 0.602. The molecule has 128 valence electrons. The maximum atomic E-state index is 12.2. The molecule has 0 unspecified atom stereocenters. The lowest BCUT2D eigenvalue weighted by atomic mass is 10.1. The van der Waals surface area contributed by atoms with Crippen LogP contribution in [0.15, 0.2) is 54.1 Å². The van der Waals surface area contributed by atoms with Crippen LogP contribution < -0.4 is 10.1 Å². The Hall–Kier alpha value is -3.10. The summed E-state index contributed by atoms with van der Waals surface area (Å²) >= 11 is 0. The van der Waals surface area contributed by atoms with Gasteiger partial charge in [-0.25, -0.2) is 0 Å². The number of carbonyl (C=O) groups is 1. The maximum Gasteiger partial charge on any atom is 0.262 e. The molecule has 0 aliphatic rings. The van der Waals surface area contributed by atoms with E-state index in [1.54, 1.807) is 30.3 Å². The van der Waals surface area contributed by atoms with E-state index in [2.05, 4.69) is 5.32 Å². The van der Waals surface area contributed by atoms with Gasteiger partial charge in [-0.3, -0.25) is 4.79 Å². The number of hydrogen-bond acceptors (Lipinski definition) is 4. The zero-order valence-electron chi connectivity index (χ0n) is 14.0. The summed E-state index contributed by atoms with van der Waals surface area (Å²) in [7, 11) is 0. The summed E-state index contributed by atoms with van der Waals surface area (Å²) in [5.41, 5.74) is 2.32. The van der Waals surface area contributed by atoms with Crippen molar-refractivity contribution in [2.24, 2.45) is 0 Å². The van der Waals surface area contributed by atoms with E-state index in [0.29, 0.717) is 6.61 Å². The van der Waals surface area contributed by atoms with Gasteiger partial charge in [-0.05, 0) is 41.8 Å². The van der Waals surface area contributed by atoms with E-state index in [1.807, 2.05) is 31.2 Å². The average Bonchev–Trinajstić information content (AvgIpc) is 2.66. The molecule has 5 heteroatoms. The van der Waals surface area contributed by atoms with Crippen molar-refractivity contribution >= 4 is 12.0 Å². The predicted molar refractivity (Wildman–Crippen MR) is 95.4 cm³/mol. The third-order valence-corrected chi connectivity index (χ3v) is 3.60. The predicted octanol–water partition coefficient (Wildman–Crippen LogP) is 2.80. The van der Waals surface area contributed by atoms with Crippen molar-refractivity contribution in [1.29, 1.82) is 5.26 Å². The van der Waals surface area contributed by atoms with E-state index in [1.165, 1.54) is 6.08 Å². The molecule has 2 N–H and O–H groups in total. The molecule has 0 aliphatic heterocycles. The van der Waals surface area contributed by atoms with Crippen molar-refractivity contribution in [1.82, 2.24) is 5.32 Å². The van der Waals surface area contributed by atoms with Crippen LogP contribution in [-0.2, 0) is 17.9 Å². The van der Waals surface area contributed by atoms with Crippen LogP contribution in [0.25, 0.3) is 6.08 Å². The molecule has 0 atom stereocenters. The fourth-order valence-corrected chi connectivity index (χ4v) is 2.30. The minimum Gasteiger partial charge on any atom is -0.494 e. The number of carbonyl (C=O) groups excluding carboxylic acids is 1. The molecule has 0 saturated heterocycles. The first-order valence-corrected chi connectivity index (χ1v) is 7.98. The number of amides is 1. The summed E-state index contributed by atoms with van der Waals surface area (Å²) in [6.07, 6.45) is 1.53. The second kappa shape index (κ2) is 9.26. The lowest BCUT2D eigenvalue weighted by Gasteiger charge is -2.08. The molecule has 0 saturated carbocycles. The number of ether oxygens (including phenoxy) is 1. The second-order valence-electron chi connectivity index (χ2n) is 5.28. The Morgan fingerprint density at radius 2 is 1.88 bits per heavy atom. The van der Waals surface area contributed by atoms with Gasteiger partial charge in [0.25, 0.3) is 5.91 Å². The van der Waals surface area contributed by atoms with Crippen molar-refractivity contribution in [3.8, 4) is 11.8 Å². The fourth-order valence-electron chi connectivity index (χ4n) is 2.30. The fraction of sp³-hybridized carbons (Fsp3) is 0.200. The Morgan fingerprint density at radius 3 is 2.48 bits per heavy atom. The molecule has 1 amide bonds. The maximum absolute atomic E-state index is 12.2. The second-order valence-corrected chi connectivity index (χ2v) is 5.28. The molecule has 25 heavy (non-hydrogen) atoms. The van der Waals surface area contributed by atoms with Crippen LogP contribution in [-0.4, -0.2) is 17.6 Å². The molecule has 2 aromatic rings. The van der Waals surface area contributed by atoms with E-state index in [9.17, 15) is 15.2 Å². The molecular formula is C20H20N2O3. The Labute approximate surface area is 147 Å². The van der Waals surface area contributed by atoms with E-state index < -0.39 is 5.91 Å². The SMILES string of the molecule is CCOc1ccc(/C=C(/C#N)C(=O)NCc2ccccc2CO)cc1. The van der Waals surface area contributed by atoms with Crippen molar-refractivity contribution < 1.29 is 14.6 Å². The molecule has 2 aromatic carbocycles. The Kier molecular flexibility index (Phi) is 6.76. The lowest BCUT2D eigenvalue weighted by molar-refractivity contribution is -0.117. The summed E-state index contributed by atoms with van der Waals surface area (Å²) < 4.78 is 5.36. The summed E-state index contributed by atoms with van der Waals surface area (Å²) in [4.78, 5) is 12.2. The van der Waals surface area contributed by atoms with E-state index in [4.69, 9.17) is 4.74 Å². The van der Waals surface area contributed by atoms with Crippen molar-refractivity contribution in [2.75, 3.05) is 6.61 Å². The average molecular weight is 336 g/mol. The van der Waals surface area contributed by atoms with Gasteiger partial charge in [0.05, 0.1) is 13.2 Å². The zero-order valence-corrected chi connectivity index (χ0v) is 14.0. The molecule has 2 rings (SSSR count). The third kappa shape index (κ3) is 5.20. The van der Waals surface area contributed by atoms with Crippen LogP contribution in [0.4, 0.5) is 0 Å². The van der Waals surface area contributed by atoms with Crippen LogP contribution in [0.2, 0.25) is 0 Å². The largest absolute Gasteiger partial charge is 0.494 e. The summed E-state index contributed by atoms with van der Waals surface area (Å²) in [5, 5.41) is 21.3. The molecule has 0 aromatic heterocycles. The highest BCUT2D eigenvalue weighted by Gasteiger charge is 2.10. The number of nitriles is 1. The van der Waals surface area contributed by atoms with Gasteiger partial charge in [-0.2, -0.15) is 5.26 Å². The number of hydrogen-bond donors (Lipinski definition) is 2. The first-order chi connectivity index (χ1) is 12.2. The first kappa shape index (κ1) is 18.2. The normalized spacial score (nSPS) is 10.8.